The molecule has 0 spiro atoms. The summed E-state index contributed by atoms with van der Waals surface area (Å²) in [5.74, 6) is -0.227. The van der Waals surface area contributed by atoms with Crippen LogP contribution in [0.1, 0.15) is 25.5 Å². The summed E-state index contributed by atoms with van der Waals surface area (Å²) in [6.07, 6.45) is 0. The molecule has 0 saturated carbocycles. The Morgan fingerprint density at radius 3 is 2.78 bits per heavy atom. The average Bonchev–Trinajstić information content (AvgIpc) is 2.71. The number of rotatable bonds is 1. The van der Waals surface area contributed by atoms with Crippen LogP contribution in [0.15, 0.2) is 22.8 Å². The molecular weight excluding hydrogens is 296 g/mol. The summed E-state index contributed by atoms with van der Waals surface area (Å²) in [4.78, 5) is 7.80. The molecule has 0 amide bonds. The third kappa shape index (κ3) is 2.30. The molecule has 2 aromatic heterocycles. The van der Waals surface area contributed by atoms with E-state index in [1.807, 2.05) is 26.0 Å². The lowest BCUT2D eigenvalue weighted by Crippen LogP contribution is -2.38. The molecule has 0 aromatic carbocycles. The fraction of sp³-hybridized carbons (Fsp3) is 0.462. The van der Waals surface area contributed by atoms with Gasteiger partial charge in [-0.3, -0.25) is 0 Å². The van der Waals surface area contributed by atoms with Gasteiger partial charge in [0.2, 0.25) is 0 Å². The molecule has 0 radical (unpaired) electrons. The zero-order chi connectivity index (χ0) is 12.8. The van der Waals surface area contributed by atoms with E-state index in [0.29, 0.717) is 13.2 Å². The van der Waals surface area contributed by atoms with Gasteiger partial charge in [0.25, 0.3) is 0 Å². The lowest BCUT2D eigenvalue weighted by atomic mass is 10.1. The van der Waals surface area contributed by atoms with Crippen molar-refractivity contribution in [2.75, 3.05) is 13.2 Å². The summed E-state index contributed by atoms with van der Waals surface area (Å²) >= 11 is 3.38. The SMILES string of the molecule is CC1(C)OCC(c2cc3nc(Br)ccc3[nH]2)CO1. The van der Waals surface area contributed by atoms with Crippen molar-refractivity contribution in [1.82, 2.24) is 9.97 Å². The third-order valence-electron chi connectivity index (χ3n) is 3.17. The van der Waals surface area contributed by atoms with Crippen LogP contribution in [0, 0.1) is 0 Å². The Hall–Kier alpha value is -0.910. The van der Waals surface area contributed by atoms with Crippen LogP contribution in [0.2, 0.25) is 0 Å². The molecule has 5 heteroatoms. The number of ether oxygens (including phenoxy) is 2. The maximum absolute atomic E-state index is 5.68. The number of pyridine rings is 1. The first kappa shape index (κ1) is 12.1. The smallest absolute Gasteiger partial charge is 0.162 e. The fourth-order valence-electron chi connectivity index (χ4n) is 2.10. The maximum atomic E-state index is 5.68. The molecule has 1 aliphatic rings. The summed E-state index contributed by atoms with van der Waals surface area (Å²) in [6.45, 7) is 5.21. The Labute approximate surface area is 114 Å². The maximum Gasteiger partial charge on any atom is 0.162 e. The largest absolute Gasteiger partial charge is 0.357 e. The van der Waals surface area contributed by atoms with Crippen LogP contribution in [-0.4, -0.2) is 29.0 Å². The van der Waals surface area contributed by atoms with Crippen LogP contribution >= 0.6 is 15.9 Å². The second kappa shape index (κ2) is 4.33. The highest BCUT2D eigenvalue weighted by atomic mass is 79.9. The lowest BCUT2D eigenvalue weighted by Gasteiger charge is -2.34. The van der Waals surface area contributed by atoms with Gasteiger partial charge in [-0.15, -0.1) is 0 Å². The van der Waals surface area contributed by atoms with Crippen molar-refractivity contribution in [3.05, 3.63) is 28.5 Å². The zero-order valence-electron chi connectivity index (χ0n) is 10.4. The van der Waals surface area contributed by atoms with E-state index in [1.54, 1.807) is 0 Å². The summed E-state index contributed by atoms with van der Waals surface area (Å²) in [5.41, 5.74) is 3.12. The number of hydrogen-bond donors (Lipinski definition) is 1. The molecule has 0 bridgehead atoms. The van der Waals surface area contributed by atoms with E-state index in [1.165, 1.54) is 0 Å². The van der Waals surface area contributed by atoms with Crippen LogP contribution < -0.4 is 0 Å². The average molecular weight is 311 g/mol. The summed E-state index contributed by atoms with van der Waals surface area (Å²) in [5, 5.41) is 0. The van der Waals surface area contributed by atoms with Crippen molar-refractivity contribution in [3.8, 4) is 0 Å². The number of halogens is 1. The summed E-state index contributed by atoms with van der Waals surface area (Å²) in [6, 6.07) is 6.01. The van der Waals surface area contributed by atoms with Crippen molar-refractivity contribution in [2.45, 2.75) is 25.6 Å². The molecular formula is C13H15BrN2O2. The van der Waals surface area contributed by atoms with Crippen LogP contribution in [0.5, 0.6) is 0 Å². The molecule has 96 valence electrons. The highest BCUT2D eigenvalue weighted by molar-refractivity contribution is 9.10. The van der Waals surface area contributed by atoms with Gasteiger partial charge in [0, 0.05) is 11.6 Å². The van der Waals surface area contributed by atoms with Gasteiger partial charge in [-0.2, -0.15) is 0 Å². The van der Waals surface area contributed by atoms with Crippen molar-refractivity contribution >= 4 is 27.0 Å². The van der Waals surface area contributed by atoms with Gasteiger partial charge in [-0.1, -0.05) is 0 Å². The van der Waals surface area contributed by atoms with E-state index in [9.17, 15) is 0 Å². The molecule has 4 nitrogen and oxygen atoms in total. The van der Waals surface area contributed by atoms with Crippen LogP contribution in [0.3, 0.4) is 0 Å². The Morgan fingerprint density at radius 1 is 1.33 bits per heavy atom. The molecule has 1 aliphatic heterocycles. The van der Waals surface area contributed by atoms with E-state index >= 15 is 0 Å². The minimum Gasteiger partial charge on any atom is -0.357 e. The van der Waals surface area contributed by atoms with Gasteiger partial charge in [-0.25, -0.2) is 4.98 Å². The van der Waals surface area contributed by atoms with E-state index in [4.69, 9.17) is 9.47 Å². The van der Waals surface area contributed by atoms with Gasteiger partial charge < -0.3 is 14.5 Å². The predicted molar refractivity (Wildman–Crippen MR) is 72.5 cm³/mol. The summed E-state index contributed by atoms with van der Waals surface area (Å²) in [7, 11) is 0. The Morgan fingerprint density at radius 2 is 2.06 bits per heavy atom. The first-order valence-corrected chi connectivity index (χ1v) is 6.76. The molecule has 2 aromatic rings. The molecule has 1 fully saturated rings. The standard InChI is InChI=1S/C13H15BrN2O2/c1-13(2)17-6-8(7-18-13)10-5-11-9(15-10)3-4-12(14)16-11/h3-5,8,15H,6-7H2,1-2H3. The van der Waals surface area contributed by atoms with E-state index < -0.39 is 5.79 Å². The molecule has 18 heavy (non-hydrogen) atoms. The highest BCUT2D eigenvalue weighted by Crippen LogP contribution is 2.28. The molecule has 0 aliphatic carbocycles. The molecule has 1 saturated heterocycles. The normalized spacial score (nSPS) is 20.4. The fourth-order valence-corrected chi connectivity index (χ4v) is 2.42. The number of hydrogen-bond acceptors (Lipinski definition) is 3. The van der Waals surface area contributed by atoms with E-state index in [-0.39, 0.29) is 5.92 Å². The topological polar surface area (TPSA) is 47.1 Å². The first-order chi connectivity index (χ1) is 8.53. The Balaban J connectivity index is 1.87. The van der Waals surface area contributed by atoms with Gasteiger partial charge >= 0.3 is 0 Å². The Kier molecular flexibility index (Phi) is 2.92. The molecule has 1 N–H and O–H groups in total. The quantitative estimate of drug-likeness (QED) is 0.823. The second-order valence-corrected chi connectivity index (χ2v) is 5.82. The lowest BCUT2D eigenvalue weighted by molar-refractivity contribution is -0.251. The summed E-state index contributed by atoms with van der Waals surface area (Å²) < 4.78 is 12.2. The van der Waals surface area contributed by atoms with Crippen LogP contribution in [-0.2, 0) is 9.47 Å². The van der Waals surface area contributed by atoms with Crippen molar-refractivity contribution in [3.63, 3.8) is 0 Å². The van der Waals surface area contributed by atoms with Crippen molar-refractivity contribution < 1.29 is 9.47 Å². The number of fused-ring (bicyclic) bond motifs is 1. The van der Waals surface area contributed by atoms with Crippen LogP contribution in [0.4, 0.5) is 0 Å². The number of H-pyrrole nitrogens is 1. The Bertz CT molecular complexity index is 569. The molecule has 0 atom stereocenters. The first-order valence-electron chi connectivity index (χ1n) is 5.96. The van der Waals surface area contributed by atoms with Gasteiger partial charge in [0.1, 0.15) is 4.60 Å². The van der Waals surface area contributed by atoms with Gasteiger partial charge in [0.15, 0.2) is 5.79 Å². The second-order valence-electron chi connectivity index (χ2n) is 5.01. The highest BCUT2D eigenvalue weighted by Gasteiger charge is 2.29. The number of nitrogens with zero attached hydrogens (tertiary/aromatic N) is 1. The van der Waals surface area contributed by atoms with Crippen LogP contribution in [0.25, 0.3) is 11.0 Å². The van der Waals surface area contributed by atoms with Gasteiger partial charge in [-0.05, 0) is 48.0 Å². The minimum absolute atomic E-state index is 0.242. The zero-order valence-corrected chi connectivity index (χ0v) is 12.0. The monoisotopic (exact) mass is 310 g/mol. The predicted octanol–water partition coefficient (Wildman–Crippen LogP) is 3.19. The number of nitrogens with one attached hydrogen (secondary N) is 1. The van der Waals surface area contributed by atoms with E-state index in [0.717, 1.165) is 21.3 Å². The van der Waals surface area contributed by atoms with Gasteiger partial charge in [0.05, 0.1) is 24.2 Å². The van der Waals surface area contributed by atoms with Crippen molar-refractivity contribution in [1.29, 1.82) is 0 Å². The number of aromatic nitrogens is 2. The third-order valence-corrected chi connectivity index (χ3v) is 3.61. The molecule has 3 rings (SSSR count). The van der Waals surface area contributed by atoms with E-state index in [2.05, 4.69) is 32.0 Å². The minimum atomic E-state index is -0.468. The van der Waals surface area contributed by atoms with Crippen molar-refractivity contribution in [2.24, 2.45) is 0 Å². The molecule has 0 unspecified atom stereocenters. The molecule has 3 heterocycles. The number of aromatic amines is 1.